The zero-order valence-corrected chi connectivity index (χ0v) is 17.3. The van der Waals surface area contributed by atoms with Crippen LogP contribution in [0.25, 0.3) is 0 Å². The summed E-state index contributed by atoms with van der Waals surface area (Å²) in [5, 5.41) is 0. The SMILES string of the molecule is CC(C)(C)OC(=O)N1CCCC[C@@H]1COc1cccc2c1C(N)=NS(=O)(=O)C2. The summed E-state index contributed by atoms with van der Waals surface area (Å²) in [6.07, 6.45) is 2.39. The number of amidine groups is 1. The number of fused-ring (bicyclic) bond motifs is 1. The maximum atomic E-state index is 12.5. The number of benzene rings is 1. The van der Waals surface area contributed by atoms with Crippen molar-refractivity contribution in [2.45, 2.75) is 57.4 Å². The standard InChI is InChI=1S/C19H27N3O5S/c1-19(2,3)27-18(23)22-10-5-4-8-14(22)11-26-15-9-6-7-13-12-28(24,25)21-17(20)16(13)15/h6-7,9,14H,4-5,8,10-12H2,1-3H3,(H2,20,21)/t14-/m1/s1. The number of likely N-dealkylation sites (tertiary alicyclic amines) is 1. The third kappa shape index (κ3) is 4.76. The average Bonchev–Trinajstić information content (AvgIpc) is 2.57. The van der Waals surface area contributed by atoms with E-state index in [0.29, 0.717) is 23.4 Å². The van der Waals surface area contributed by atoms with Gasteiger partial charge in [-0.1, -0.05) is 12.1 Å². The van der Waals surface area contributed by atoms with E-state index in [1.165, 1.54) is 0 Å². The minimum atomic E-state index is -3.60. The van der Waals surface area contributed by atoms with Gasteiger partial charge < -0.3 is 20.1 Å². The minimum Gasteiger partial charge on any atom is -0.491 e. The van der Waals surface area contributed by atoms with Gasteiger partial charge in [-0.15, -0.1) is 4.40 Å². The van der Waals surface area contributed by atoms with Gasteiger partial charge in [0.2, 0.25) is 0 Å². The highest BCUT2D eigenvalue weighted by Crippen LogP contribution is 2.29. The van der Waals surface area contributed by atoms with Crippen LogP contribution in [0.1, 0.15) is 51.2 Å². The molecule has 1 aromatic rings. The molecule has 2 heterocycles. The van der Waals surface area contributed by atoms with Gasteiger partial charge in [-0.3, -0.25) is 0 Å². The molecular formula is C19H27N3O5S. The van der Waals surface area contributed by atoms with E-state index in [4.69, 9.17) is 15.2 Å². The predicted molar refractivity (Wildman–Crippen MR) is 106 cm³/mol. The Labute approximate surface area is 165 Å². The highest BCUT2D eigenvalue weighted by atomic mass is 32.2. The zero-order chi connectivity index (χ0) is 20.5. The Hall–Kier alpha value is -2.29. The first-order valence-corrected chi connectivity index (χ1v) is 11.0. The van der Waals surface area contributed by atoms with Gasteiger partial charge in [0, 0.05) is 6.54 Å². The summed E-state index contributed by atoms with van der Waals surface area (Å²) in [7, 11) is -3.60. The number of hydrogen-bond donors (Lipinski definition) is 1. The molecular weight excluding hydrogens is 382 g/mol. The van der Waals surface area contributed by atoms with E-state index in [1.807, 2.05) is 20.8 Å². The van der Waals surface area contributed by atoms with Crippen molar-refractivity contribution in [1.29, 1.82) is 0 Å². The molecule has 2 N–H and O–H groups in total. The molecule has 9 heteroatoms. The van der Waals surface area contributed by atoms with Crippen LogP contribution in [0.5, 0.6) is 5.75 Å². The molecule has 0 saturated carbocycles. The summed E-state index contributed by atoms with van der Waals surface area (Å²) in [5.41, 5.74) is 6.40. The maximum absolute atomic E-state index is 12.5. The first kappa shape index (κ1) is 20.4. The minimum absolute atomic E-state index is 0.0653. The molecule has 1 saturated heterocycles. The normalized spacial score (nSPS) is 21.5. The first-order valence-electron chi connectivity index (χ1n) is 9.38. The van der Waals surface area contributed by atoms with E-state index in [1.54, 1.807) is 23.1 Å². The summed E-state index contributed by atoms with van der Waals surface area (Å²) in [4.78, 5) is 14.2. The monoisotopic (exact) mass is 409 g/mol. The smallest absolute Gasteiger partial charge is 0.410 e. The van der Waals surface area contributed by atoms with Crippen LogP contribution in [0.3, 0.4) is 0 Å². The highest BCUT2D eigenvalue weighted by Gasteiger charge is 2.32. The summed E-state index contributed by atoms with van der Waals surface area (Å²) < 4.78 is 38.7. The number of nitrogens with two attached hydrogens (primary N) is 1. The Kier molecular flexibility index (Phi) is 5.56. The van der Waals surface area contributed by atoms with Gasteiger partial charge in [0.25, 0.3) is 10.0 Å². The Bertz CT molecular complexity index is 889. The van der Waals surface area contributed by atoms with Gasteiger partial charge in [-0.25, -0.2) is 13.2 Å². The summed E-state index contributed by atoms with van der Waals surface area (Å²) in [5.74, 6) is 0.209. The van der Waals surface area contributed by atoms with Crippen molar-refractivity contribution in [2.24, 2.45) is 10.1 Å². The average molecular weight is 410 g/mol. The van der Waals surface area contributed by atoms with E-state index < -0.39 is 15.6 Å². The molecule has 154 valence electrons. The van der Waals surface area contributed by atoms with E-state index >= 15 is 0 Å². The molecule has 2 aliphatic heterocycles. The van der Waals surface area contributed by atoms with Gasteiger partial charge in [-0.2, -0.15) is 0 Å². The second-order valence-corrected chi connectivity index (χ2v) is 9.76. The van der Waals surface area contributed by atoms with Gasteiger partial charge in [0.15, 0.2) is 0 Å². The Balaban J connectivity index is 1.76. The van der Waals surface area contributed by atoms with Crippen LogP contribution in [-0.4, -0.2) is 50.0 Å². The van der Waals surface area contributed by atoms with E-state index in [2.05, 4.69) is 4.40 Å². The predicted octanol–water partition coefficient (Wildman–Crippen LogP) is 2.40. The van der Waals surface area contributed by atoms with Crippen molar-refractivity contribution < 1.29 is 22.7 Å². The number of carbonyl (C=O) groups is 1. The zero-order valence-electron chi connectivity index (χ0n) is 16.5. The van der Waals surface area contributed by atoms with Crippen LogP contribution in [0.15, 0.2) is 22.6 Å². The van der Waals surface area contributed by atoms with Crippen molar-refractivity contribution in [3.8, 4) is 5.75 Å². The lowest BCUT2D eigenvalue weighted by atomic mass is 10.0. The van der Waals surface area contributed by atoms with Gasteiger partial charge in [0.05, 0.1) is 17.4 Å². The molecule has 0 aliphatic carbocycles. The fourth-order valence-electron chi connectivity index (χ4n) is 3.45. The number of hydrogen-bond acceptors (Lipinski definition) is 6. The highest BCUT2D eigenvalue weighted by molar-refractivity contribution is 7.89. The summed E-state index contributed by atoms with van der Waals surface area (Å²) in [6, 6.07) is 5.05. The first-order chi connectivity index (χ1) is 13.1. The van der Waals surface area contributed by atoms with Crippen LogP contribution in [-0.2, 0) is 20.5 Å². The molecule has 3 rings (SSSR count). The summed E-state index contributed by atoms with van der Waals surface area (Å²) >= 11 is 0. The molecule has 0 radical (unpaired) electrons. The third-order valence-electron chi connectivity index (χ3n) is 4.63. The number of ether oxygens (including phenoxy) is 2. The van der Waals surface area contributed by atoms with Crippen molar-refractivity contribution >= 4 is 22.0 Å². The quantitative estimate of drug-likeness (QED) is 0.820. The van der Waals surface area contributed by atoms with Gasteiger partial charge >= 0.3 is 6.09 Å². The summed E-state index contributed by atoms with van der Waals surface area (Å²) in [6.45, 7) is 6.42. The van der Waals surface area contributed by atoms with E-state index in [9.17, 15) is 13.2 Å². The largest absolute Gasteiger partial charge is 0.491 e. The fraction of sp³-hybridized carbons (Fsp3) is 0.579. The number of piperidine rings is 1. The molecule has 0 spiro atoms. The Morgan fingerprint density at radius 1 is 1.32 bits per heavy atom. The number of amides is 1. The topological polar surface area (TPSA) is 111 Å². The van der Waals surface area contributed by atoms with Crippen LogP contribution in [0, 0.1) is 0 Å². The van der Waals surface area contributed by atoms with Gasteiger partial charge in [0.1, 0.15) is 23.8 Å². The maximum Gasteiger partial charge on any atom is 0.410 e. The van der Waals surface area contributed by atoms with Crippen molar-refractivity contribution in [3.05, 3.63) is 29.3 Å². The van der Waals surface area contributed by atoms with Crippen molar-refractivity contribution in [2.75, 3.05) is 13.2 Å². The lowest BCUT2D eigenvalue weighted by Gasteiger charge is -2.36. The molecule has 1 atom stereocenters. The van der Waals surface area contributed by atoms with Crippen LogP contribution in [0.2, 0.25) is 0 Å². The third-order valence-corrected chi connectivity index (χ3v) is 5.78. The second-order valence-electron chi connectivity index (χ2n) is 8.13. The Morgan fingerprint density at radius 3 is 2.79 bits per heavy atom. The molecule has 1 aromatic carbocycles. The van der Waals surface area contributed by atoms with E-state index in [0.717, 1.165) is 19.3 Å². The molecule has 0 bridgehead atoms. The Morgan fingerprint density at radius 2 is 2.07 bits per heavy atom. The molecule has 0 aromatic heterocycles. The van der Waals surface area contributed by atoms with E-state index in [-0.39, 0.29) is 30.3 Å². The fourth-order valence-corrected chi connectivity index (χ4v) is 4.54. The molecule has 0 unspecified atom stereocenters. The number of nitrogens with zero attached hydrogens (tertiary/aromatic N) is 2. The molecule has 1 amide bonds. The van der Waals surface area contributed by atoms with Crippen molar-refractivity contribution in [1.82, 2.24) is 4.90 Å². The van der Waals surface area contributed by atoms with Crippen LogP contribution >= 0.6 is 0 Å². The molecule has 2 aliphatic rings. The van der Waals surface area contributed by atoms with Gasteiger partial charge in [-0.05, 0) is 51.7 Å². The molecule has 1 fully saturated rings. The molecule has 28 heavy (non-hydrogen) atoms. The lowest BCUT2D eigenvalue weighted by molar-refractivity contribution is 0.00359. The number of rotatable bonds is 3. The number of sulfonamides is 1. The second kappa shape index (κ2) is 7.62. The van der Waals surface area contributed by atoms with Crippen molar-refractivity contribution in [3.63, 3.8) is 0 Å². The van der Waals surface area contributed by atoms with Crippen LogP contribution in [0.4, 0.5) is 4.79 Å². The lowest BCUT2D eigenvalue weighted by Crippen LogP contribution is -2.48. The number of carbonyl (C=O) groups excluding carboxylic acids is 1. The molecule has 8 nitrogen and oxygen atoms in total. The van der Waals surface area contributed by atoms with Crippen LogP contribution < -0.4 is 10.5 Å².